The normalized spacial score (nSPS) is 12.6. The van der Waals surface area contributed by atoms with Gasteiger partial charge in [0.25, 0.3) is 0 Å². The molecule has 0 bridgehead atoms. The Hall–Kier alpha value is -1.52. The van der Waals surface area contributed by atoms with E-state index in [0.717, 1.165) is 5.56 Å². The molecule has 5 heteroatoms. The smallest absolute Gasteiger partial charge is 0.164 e. The Bertz CT molecular complexity index is 464. The lowest BCUT2D eigenvalue weighted by Crippen LogP contribution is -2.05. The molecule has 2 rings (SSSR count). The number of anilines is 1. The number of aromatic nitrogens is 2. The SMILES string of the molecule is Nc1nn(CC[C@@H](O)c2ccccc2)cc1Cl. The van der Waals surface area contributed by atoms with Crippen molar-refractivity contribution >= 4 is 17.4 Å². The second kappa shape index (κ2) is 5.21. The molecule has 0 saturated heterocycles. The summed E-state index contributed by atoms with van der Waals surface area (Å²) < 4.78 is 1.64. The summed E-state index contributed by atoms with van der Waals surface area (Å²) in [5.41, 5.74) is 6.43. The summed E-state index contributed by atoms with van der Waals surface area (Å²) in [4.78, 5) is 0. The van der Waals surface area contributed by atoms with Gasteiger partial charge in [-0.3, -0.25) is 4.68 Å². The van der Waals surface area contributed by atoms with Crippen LogP contribution in [-0.4, -0.2) is 14.9 Å². The second-order valence-corrected chi connectivity index (χ2v) is 4.25. The molecule has 1 aromatic heterocycles. The van der Waals surface area contributed by atoms with E-state index < -0.39 is 6.10 Å². The molecule has 1 aromatic carbocycles. The highest BCUT2D eigenvalue weighted by Crippen LogP contribution is 2.19. The molecule has 3 N–H and O–H groups in total. The Morgan fingerprint density at radius 1 is 1.35 bits per heavy atom. The van der Waals surface area contributed by atoms with Crippen LogP contribution in [0, 0.1) is 0 Å². The number of nitrogen functional groups attached to an aromatic ring is 1. The number of benzene rings is 1. The Balaban J connectivity index is 1.94. The summed E-state index contributed by atoms with van der Waals surface area (Å²) in [5.74, 6) is 0.320. The van der Waals surface area contributed by atoms with Crippen LogP contribution in [0.1, 0.15) is 18.1 Å². The van der Waals surface area contributed by atoms with Crippen molar-refractivity contribution in [3.8, 4) is 0 Å². The monoisotopic (exact) mass is 251 g/mol. The summed E-state index contributed by atoms with van der Waals surface area (Å²) in [6, 6.07) is 9.52. The van der Waals surface area contributed by atoms with Crippen LogP contribution in [0.15, 0.2) is 36.5 Å². The molecule has 0 spiro atoms. The lowest BCUT2D eigenvalue weighted by atomic mass is 10.1. The number of aliphatic hydroxyl groups excluding tert-OH is 1. The number of halogens is 1. The number of nitrogens with two attached hydrogens (primary N) is 1. The Morgan fingerprint density at radius 2 is 2.06 bits per heavy atom. The van der Waals surface area contributed by atoms with Gasteiger partial charge in [-0.2, -0.15) is 5.10 Å². The van der Waals surface area contributed by atoms with Crippen molar-refractivity contribution in [3.63, 3.8) is 0 Å². The van der Waals surface area contributed by atoms with Crippen molar-refractivity contribution in [2.75, 3.05) is 5.73 Å². The number of aliphatic hydroxyl groups is 1. The molecule has 0 amide bonds. The molecule has 90 valence electrons. The minimum Gasteiger partial charge on any atom is -0.388 e. The third-order valence-corrected chi connectivity index (χ3v) is 2.85. The van der Waals surface area contributed by atoms with E-state index in [0.29, 0.717) is 23.8 Å². The van der Waals surface area contributed by atoms with E-state index in [1.54, 1.807) is 10.9 Å². The number of hydrogen-bond acceptors (Lipinski definition) is 3. The van der Waals surface area contributed by atoms with Gasteiger partial charge < -0.3 is 10.8 Å². The van der Waals surface area contributed by atoms with Gasteiger partial charge in [-0.1, -0.05) is 41.9 Å². The van der Waals surface area contributed by atoms with Crippen molar-refractivity contribution in [1.82, 2.24) is 9.78 Å². The van der Waals surface area contributed by atoms with Crippen LogP contribution in [0.5, 0.6) is 0 Å². The van der Waals surface area contributed by atoms with E-state index in [2.05, 4.69) is 5.10 Å². The maximum absolute atomic E-state index is 9.95. The van der Waals surface area contributed by atoms with Crippen LogP contribution in [-0.2, 0) is 6.54 Å². The molecule has 0 radical (unpaired) electrons. The number of hydrogen-bond donors (Lipinski definition) is 2. The first-order valence-electron chi connectivity index (χ1n) is 5.38. The molecular formula is C12H14ClN3O. The van der Waals surface area contributed by atoms with Gasteiger partial charge in [-0.05, 0) is 12.0 Å². The molecule has 0 aliphatic carbocycles. The number of rotatable bonds is 4. The van der Waals surface area contributed by atoms with Gasteiger partial charge in [-0.15, -0.1) is 0 Å². The molecule has 17 heavy (non-hydrogen) atoms. The molecule has 0 saturated carbocycles. The summed E-state index contributed by atoms with van der Waals surface area (Å²) in [5, 5.41) is 14.4. The van der Waals surface area contributed by atoms with Gasteiger partial charge in [0.2, 0.25) is 0 Å². The molecule has 4 nitrogen and oxygen atoms in total. The van der Waals surface area contributed by atoms with Crippen molar-refractivity contribution < 1.29 is 5.11 Å². The number of aryl methyl sites for hydroxylation is 1. The van der Waals surface area contributed by atoms with Crippen LogP contribution in [0.25, 0.3) is 0 Å². The lowest BCUT2D eigenvalue weighted by molar-refractivity contribution is 0.159. The maximum atomic E-state index is 9.95. The highest BCUT2D eigenvalue weighted by atomic mass is 35.5. The molecular weight excluding hydrogens is 238 g/mol. The van der Waals surface area contributed by atoms with Crippen molar-refractivity contribution in [1.29, 1.82) is 0 Å². The zero-order valence-electron chi connectivity index (χ0n) is 9.25. The largest absolute Gasteiger partial charge is 0.388 e. The first-order valence-corrected chi connectivity index (χ1v) is 5.76. The first-order chi connectivity index (χ1) is 8.16. The zero-order chi connectivity index (χ0) is 12.3. The predicted molar refractivity (Wildman–Crippen MR) is 67.7 cm³/mol. The Labute approximate surface area is 105 Å². The Morgan fingerprint density at radius 3 is 2.65 bits per heavy atom. The van der Waals surface area contributed by atoms with E-state index in [4.69, 9.17) is 17.3 Å². The fourth-order valence-electron chi connectivity index (χ4n) is 1.62. The minimum absolute atomic E-state index is 0.320. The van der Waals surface area contributed by atoms with Crippen molar-refractivity contribution in [3.05, 3.63) is 47.1 Å². The van der Waals surface area contributed by atoms with Crippen LogP contribution in [0.2, 0.25) is 5.02 Å². The molecule has 1 atom stereocenters. The third kappa shape index (κ3) is 2.99. The summed E-state index contributed by atoms with van der Waals surface area (Å²) >= 11 is 5.79. The summed E-state index contributed by atoms with van der Waals surface area (Å²) in [7, 11) is 0. The molecule has 2 aromatic rings. The van der Waals surface area contributed by atoms with Gasteiger partial charge in [0, 0.05) is 12.7 Å². The molecule has 0 unspecified atom stereocenters. The van der Waals surface area contributed by atoms with Gasteiger partial charge in [-0.25, -0.2) is 0 Å². The van der Waals surface area contributed by atoms with Crippen LogP contribution in [0.3, 0.4) is 0 Å². The molecule has 1 heterocycles. The topological polar surface area (TPSA) is 64.1 Å². The molecule has 0 aliphatic rings. The highest BCUT2D eigenvalue weighted by Gasteiger charge is 2.08. The molecule has 0 fully saturated rings. The Kier molecular flexibility index (Phi) is 3.66. The van der Waals surface area contributed by atoms with Gasteiger partial charge in [0.05, 0.1) is 6.10 Å². The van der Waals surface area contributed by atoms with Crippen molar-refractivity contribution in [2.24, 2.45) is 0 Å². The minimum atomic E-state index is -0.500. The third-order valence-electron chi connectivity index (χ3n) is 2.56. The van der Waals surface area contributed by atoms with E-state index in [9.17, 15) is 5.11 Å². The van der Waals surface area contributed by atoms with Crippen LogP contribution >= 0.6 is 11.6 Å². The maximum Gasteiger partial charge on any atom is 0.164 e. The average Bonchev–Trinajstić information content (AvgIpc) is 2.67. The van der Waals surface area contributed by atoms with Gasteiger partial charge in [0.15, 0.2) is 5.82 Å². The first kappa shape index (κ1) is 12.0. The summed E-state index contributed by atoms with van der Waals surface area (Å²) in [6.45, 7) is 0.576. The standard InChI is InChI=1S/C12H14ClN3O/c13-10-8-16(15-12(10)14)7-6-11(17)9-4-2-1-3-5-9/h1-5,8,11,17H,6-7H2,(H2,14,15)/t11-/m1/s1. The zero-order valence-corrected chi connectivity index (χ0v) is 10.0. The van der Waals surface area contributed by atoms with Crippen LogP contribution < -0.4 is 5.73 Å². The highest BCUT2D eigenvalue weighted by molar-refractivity contribution is 6.32. The van der Waals surface area contributed by atoms with E-state index in [1.165, 1.54) is 0 Å². The summed E-state index contributed by atoms with van der Waals surface area (Å²) in [6.07, 6.45) is 1.73. The lowest BCUT2D eigenvalue weighted by Gasteiger charge is -2.10. The van der Waals surface area contributed by atoms with E-state index in [-0.39, 0.29) is 0 Å². The second-order valence-electron chi connectivity index (χ2n) is 3.84. The van der Waals surface area contributed by atoms with Gasteiger partial charge in [0.1, 0.15) is 5.02 Å². The predicted octanol–water partition coefficient (Wildman–Crippen LogP) is 2.24. The van der Waals surface area contributed by atoms with Crippen molar-refractivity contribution in [2.45, 2.75) is 19.1 Å². The quantitative estimate of drug-likeness (QED) is 0.876. The van der Waals surface area contributed by atoms with Crippen LogP contribution in [0.4, 0.5) is 5.82 Å². The van der Waals surface area contributed by atoms with E-state index in [1.807, 2.05) is 30.3 Å². The van der Waals surface area contributed by atoms with E-state index >= 15 is 0 Å². The molecule has 0 aliphatic heterocycles. The fraction of sp³-hybridized carbons (Fsp3) is 0.250. The fourth-order valence-corrected chi connectivity index (χ4v) is 1.77. The van der Waals surface area contributed by atoms with Gasteiger partial charge >= 0.3 is 0 Å². The average molecular weight is 252 g/mol. The number of nitrogens with zero attached hydrogens (tertiary/aromatic N) is 2.